The fourth-order valence-corrected chi connectivity index (χ4v) is 2.86. The molecule has 2 aromatic carbocycles. The molecule has 8 heteroatoms. The molecule has 7 nitrogen and oxygen atoms in total. The normalized spacial score (nSPS) is 11.1. The van der Waals surface area contributed by atoms with Crippen molar-refractivity contribution in [1.82, 2.24) is 4.98 Å². The zero-order valence-corrected chi connectivity index (χ0v) is 17.5. The monoisotopic (exact) mass is 426 g/mol. The molecule has 156 valence electrons. The van der Waals surface area contributed by atoms with Gasteiger partial charge in [0.15, 0.2) is 5.96 Å². The van der Waals surface area contributed by atoms with E-state index in [-0.39, 0.29) is 5.96 Å². The van der Waals surface area contributed by atoms with Crippen LogP contribution in [0.1, 0.15) is 12.5 Å². The number of aliphatic imine (C=N–C) groups is 1. The number of hydrogen-bond donors (Lipinski definition) is 2. The van der Waals surface area contributed by atoms with Gasteiger partial charge in [0.25, 0.3) is 0 Å². The van der Waals surface area contributed by atoms with E-state index in [1.54, 1.807) is 25.4 Å². The number of benzene rings is 2. The number of ether oxygens (including phenoxy) is 3. The third-order valence-corrected chi connectivity index (χ3v) is 4.31. The predicted molar refractivity (Wildman–Crippen MR) is 119 cm³/mol. The van der Waals surface area contributed by atoms with Gasteiger partial charge in [-0.3, -0.25) is 0 Å². The Morgan fingerprint density at radius 2 is 1.87 bits per heavy atom. The van der Waals surface area contributed by atoms with Gasteiger partial charge in [0.2, 0.25) is 5.88 Å². The minimum absolute atomic E-state index is 0.266. The highest BCUT2D eigenvalue weighted by molar-refractivity contribution is 6.32. The molecule has 0 aliphatic heterocycles. The Kier molecular flexibility index (Phi) is 7.34. The van der Waals surface area contributed by atoms with Crippen LogP contribution in [0, 0.1) is 0 Å². The van der Waals surface area contributed by atoms with Crippen LogP contribution in [0.2, 0.25) is 5.02 Å². The molecule has 0 saturated carbocycles. The van der Waals surface area contributed by atoms with Crippen LogP contribution in [0.4, 0.5) is 5.69 Å². The summed E-state index contributed by atoms with van der Waals surface area (Å²) in [6.07, 6.45) is 1.67. The van der Waals surface area contributed by atoms with Crippen molar-refractivity contribution in [2.45, 2.75) is 13.5 Å². The zero-order valence-electron chi connectivity index (χ0n) is 16.8. The molecular weight excluding hydrogens is 404 g/mol. The number of nitrogens with zero attached hydrogens (tertiary/aromatic N) is 2. The summed E-state index contributed by atoms with van der Waals surface area (Å²) in [4.78, 5) is 8.59. The first-order chi connectivity index (χ1) is 14.6. The molecular formula is C22H23ClN4O3. The second kappa shape index (κ2) is 10.4. The van der Waals surface area contributed by atoms with Gasteiger partial charge in [-0.15, -0.1) is 0 Å². The smallest absolute Gasteiger partial charge is 0.219 e. The average Bonchev–Trinajstić information content (AvgIpc) is 2.74. The number of nitrogens with two attached hydrogens (primary N) is 1. The van der Waals surface area contributed by atoms with Crippen LogP contribution in [-0.4, -0.2) is 24.7 Å². The number of guanidine groups is 1. The van der Waals surface area contributed by atoms with E-state index < -0.39 is 0 Å². The molecule has 0 fully saturated rings. The maximum atomic E-state index is 6.12. The fraction of sp³-hybridized carbons (Fsp3) is 0.182. The third kappa shape index (κ3) is 6.02. The van der Waals surface area contributed by atoms with E-state index in [4.69, 9.17) is 31.5 Å². The molecule has 0 unspecified atom stereocenters. The molecule has 0 aliphatic carbocycles. The van der Waals surface area contributed by atoms with Gasteiger partial charge in [0.05, 0.1) is 25.3 Å². The SMILES string of the molecule is CCOc1ccc(Oc2cc(CN=C(N)Nc3ccc(OC)c(Cl)c3)ccn2)cc1. The standard InChI is InChI=1S/C22H23ClN4O3/c1-3-29-17-5-7-18(8-6-17)30-21-12-15(10-11-25-21)14-26-22(24)27-16-4-9-20(28-2)19(23)13-16/h4-13H,3,14H2,1-2H3,(H3,24,26,27). The van der Waals surface area contributed by atoms with Crippen molar-refractivity contribution >= 4 is 23.2 Å². The molecule has 3 rings (SSSR count). The quantitative estimate of drug-likeness (QED) is 0.394. The molecule has 0 amide bonds. The van der Waals surface area contributed by atoms with Crippen LogP contribution in [0.15, 0.2) is 65.8 Å². The first kappa shape index (κ1) is 21.3. The summed E-state index contributed by atoms with van der Waals surface area (Å²) in [6.45, 7) is 2.93. The Bertz CT molecular complexity index is 1010. The molecule has 0 bridgehead atoms. The van der Waals surface area contributed by atoms with Gasteiger partial charge in [-0.05, 0) is 61.0 Å². The lowest BCUT2D eigenvalue weighted by Gasteiger charge is -2.09. The number of pyridine rings is 1. The van der Waals surface area contributed by atoms with Crippen molar-refractivity contribution in [2.24, 2.45) is 10.7 Å². The van der Waals surface area contributed by atoms with E-state index in [0.717, 1.165) is 17.0 Å². The van der Waals surface area contributed by atoms with Gasteiger partial charge < -0.3 is 25.3 Å². The predicted octanol–water partition coefficient (Wildman–Crippen LogP) is 4.86. The molecule has 3 N–H and O–H groups in total. The number of halogens is 1. The molecule has 1 aromatic heterocycles. The molecule has 0 atom stereocenters. The first-order valence-corrected chi connectivity index (χ1v) is 9.71. The average molecular weight is 427 g/mol. The highest BCUT2D eigenvalue weighted by atomic mass is 35.5. The lowest BCUT2D eigenvalue weighted by molar-refractivity contribution is 0.339. The van der Waals surface area contributed by atoms with Crippen LogP contribution in [0.5, 0.6) is 23.1 Å². The van der Waals surface area contributed by atoms with Gasteiger partial charge in [0.1, 0.15) is 17.2 Å². The van der Waals surface area contributed by atoms with Crippen molar-refractivity contribution in [3.05, 3.63) is 71.4 Å². The molecule has 3 aromatic rings. The van der Waals surface area contributed by atoms with Crippen molar-refractivity contribution in [1.29, 1.82) is 0 Å². The van der Waals surface area contributed by atoms with Crippen LogP contribution >= 0.6 is 11.6 Å². The van der Waals surface area contributed by atoms with E-state index in [9.17, 15) is 0 Å². The van der Waals surface area contributed by atoms with E-state index in [1.807, 2.05) is 49.4 Å². The Labute approximate surface area is 180 Å². The van der Waals surface area contributed by atoms with E-state index in [2.05, 4.69) is 15.3 Å². The van der Waals surface area contributed by atoms with Gasteiger partial charge >= 0.3 is 0 Å². The number of aromatic nitrogens is 1. The molecule has 0 spiro atoms. The number of nitrogens with one attached hydrogen (secondary N) is 1. The Hall–Kier alpha value is -3.45. The zero-order chi connectivity index (χ0) is 21.3. The highest BCUT2D eigenvalue weighted by Gasteiger charge is 2.04. The largest absolute Gasteiger partial charge is 0.495 e. The Morgan fingerprint density at radius 1 is 1.10 bits per heavy atom. The molecule has 30 heavy (non-hydrogen) atoms. The number of hydrogen-bond acceptors (Lipinski definition) is 5. The summed E-state index contributed by atoms with van der Waals surface area (Å²) in [6, 6.07) is 16.3. The van der Waals surface area contributed by atoms with Crippen molar-refractivity contribution < 1.29 is 14.2 Å². The molecule has 0 radical (unpaired) electrons. The van der Waals surface area contributed by atoms with Crippen molar-refractivity contribution in [3.63, 3.8) is 0 Å². The maximum Gasteiger partial charge on any atom is 0.219 e. The number of rotatable bonds is 8. The second-order valence-electron chi connectivity index (χ2n) is 6.18. The lowest BCUT2D eigenvalue weighted by Crippen LogP contribution is -2.22. The summed E-state index contributed by atoms with van der Waals surface area (Å²) in [7, 11) is 1.56. The Balaban J connectivity index is 1.60. The minimum atomic E-state index is 0.266. The van der Waals surface area contributed by atoms with E-state index in [1.165, 1.54) is 0 Å². The van der Waals surface area contributed by atoms with E-state index >= 15 is 0 Å². The van der Waals surface area contributed by atoms with Crippen molar-refractivity contribution in [2.75, 3.05) is 19.0 Å². The summed E-state index contributed by atoms with van der Waals surface area (Å²) in [5, 5.41) is 3.49. The molecule has 0 saturated heterocycles. The minimum Gasteiger partial charge on any atom is -0.495 e. The van der Waals surface area contributed by atoms with Gasteiger partial charge in [-0.2, -0.15) is 0 Å². The maximum absolute atomic E-state index is 6.12. The lowest BCUT2D eigenvalue weighted by atomic mass is 10.2. The third-order valence-electron chi connectivity index (χ3n) is 4.01. The summed E-state index contributed by atoms with van der Waals surface area (Å²) in [5.74, 6) is 2.79. The molecule has 1 heterocycles. The fourth-order valence-electron chi connectivity index (χ4n) is 2.60. The first-order valence-electron chi connectivity index (χ1n) is 9.33. The second-order valence-corrected chi connectivity index (χ2v) is 6.59. The summed E-state index contributed by atoms with van der Waals surface area (Å²) >= 11 is 6.12. The van der Waals surface area contributed by atoms with Crippen LogP contribution in [0.3, 0.4) is 0 Å². The van der Waals surface area contributed by atoms with Gasteiger partial charge in [-0.1, -0.05) is 11.6 Å². The number of methoxy groups -OCH3 is 1. The Morgan fingerprint density at radius 3 is 2.57 bits per heavy atom. The summed E-state index contributed by atoms with van der Waals surface area (Å²) in [5.41, 5.74) is 7.61. The van der Waals surface area contributed by atoms with E-state index in [0.29, 0.717) is 35.6 Å². The van der Waals surface area contributed by atoms with Crippen LogP contribution < -0.4 is 25.3 Å². The highest BCUT2D eigenvalue weighted by Crippen LogP contribution is 2.27. The van der Waals surface area contributed by atoms with Gasteiger partial charge in [0, 0.05) is 18.0 Å². The van der Waals surface area contributed by atoms with Crippen LogP contribution in [0.25, 0.3) is 0 Å². The summed E-state index contributed by atoms with van der Waals surface area (Å²) < 4.78 is 16.4. The van der Waals surface area contributed by atoms with Gasteiger partial charge in [-0.25, -0.2) is 9.98 Å². The topological polar surface area (TPSA) is 91.0 Å². The van der Waals surface area contributed by atoms with Crippen LogP contribution in [-0.2, 0) is 6.54 Å². The number of anilines is 1. The van der Waals surface area contributed by atoms with Crippen molar-refractivity contribution in [3.8, 4) is 23.1 Å². The molecule has 0 aliphatic rings.